The van der Waals surface area contributed by atoms with Crippen LogP contribution in [0.15, 0.2) is 0 Å². The predicted octanol–water partition coefficient (Wildman–Crippen LogP) is -0.864. The van der Waals surface area contributed by atoms with Crippen molar-refractivity contribution < 1.29 is 56.9 Å². The van der Waals surface area contributed by atoms with Crippen molar-refractivity contribution in [3.63, 3.8) is 0 Å². The molecule has 0 aliphatic rings. The number of esters is 1. The summed E-state index contributed by atoms with van der Waals surface area (Å²) in [6.45, 7) is 1.59. The second-order valence-electron chi connectivity index (χ2n) is 4.87. The average molecular weight is 330 g/mol. The van der Waals surface area contributed by atoms with E-state index in [4.69, 9.17) is 0 Å². The Morgan fingerprint density at radius 3 is 1.76 bits per heavy atom. The first-order valence-electron chi connectivity index (χ1n) is 6.90. The summed E-state index contributed by atoms with van der Waals surface area (Å²) in [5, 5.41) is 0. The van der Waals surface area contributed by atoms with Crippen LogP contribution in [-0.2, 0) is 24.4 Å². The monoisotopic (exact) mass is 330 g/mol. The molecule has 0 N–H and O–H groups in total. The fourth-order valence-corrected chi connectivity index (χ4v) is 2.01. The Balaban J connectivity index is 0. The molecule has 0 aromatic heterocycles. The Morgan fingerprint density at radius 2 is 1.33 bits per heavy atom. The van der Waals surface area contributed by atoms with Crippen molar-refractivity contribution in [1.29, 1.82) is 0 Å². The minimum Gasteiger partial charge on any atom is -0.745 e. The number of ether oxygens (including phenoxy) is 1. The van der Waals surface area contributed by atoms with Crippen LogP contribution >= 0.6 is 0 Å². The summed E-state index contributed by atoms with van der Waals surface area (Å²) < 4.78 is 35.0. The van der Waals surface area contributed by atoms with E-state index in [-0.39, 0.29) is 41.8 Å². The van der Waals surface area contributed by atoms with E-state index < -0.39 is 22.0 Å². The van der Waals surface area contributed by atoms with Gasteiger partial charge in [-0.05, 0) is 19.8 Å². The van der Waals surface area contributed by atoms with E-state index in [2.05, 4.69) is 4.74 Å². The Kier molecular flexibility index (Phi) is 15.2. The summed E-state index contributed by atoms with van der Waals surface area (Å²) in [5.74, 6) is -1.50. The molecular weight excluding hydrogens is 307 g/mol. The van der Waals surface area contributed by atoms with Crippen LogP contribution in [0.2, 0.25) is 0 Å². The van der Waals surface area contributed by atoms with E-state index in [1.54, 1.807) is 6.92 Å². The normalized spacial score (nSPS) is 10.8. The Bertz CT molecular complexity index is 393. The number of hydrogen-bond donors (Lipinski definition) is 0. The third-order valence-corrected chi connectivity index (χ3v) is 3.18. The van der Waals surface area contributed by atoms with E-state index in [1.165, 1.54) is 0 Å². The SMILES string of the molecule is CC(=O)CCCCCCCCCC(=O)OCS(=O)(=O)[O-].[Na+]. The fourth-order valence-electron chi connectivity index (χ4n) is 1.74. The van der Waals surface area contributed by atoms with Crippen LogP contribution in [0.3, 0.4) is 0 Å². The molecule has 0 rings (SSSR count). The molecule has 0 fully saturated rings. The van der Waals surface area contributed by atoms with Crippen molar-refractivity contribution in [2.24, 2.45) is 0 Å². The van der Waals surface area contributed by atoms with Crippen LogP contribution in [0.5, 0.6) is 0 Å². The minimum atomic E-state index is -4.49. The summed E-state index contributed by atoms with van der Waals surface area (Å²) in [5.41, 5.74) is 0. The molecule has 118 valence electrons. The molecular formula is C13H23NaO6S. The molecule has 0 aliphatic carbocycles. The molecule has 0 saturated heterocycles. The molecule has 21 heavy (non-hydrogen) atoms. The third-order valence-electron chi connectivity index (χ3n) is 2.77. The van der Waals surface area contributed by atoms with Crippen LogP contribution in [0.1, 0.15) is 64.7 Å². The van der Waals surface area contributed by atoms with E-state index >= 15 is 0 Å². The molecule has 0 bridgehead atoms. The molecule has 6 nitrogen and oxygen atoms in total. The van der Waals surface area contributed by atoms with Gasteiger partial charge >= 0.3 is 35.5 Å². The van der Waals surface area contributed by atoms with E-state index in [9.17, 15) is 22.6 Å². The topological polar surface area (TPSA) is 101 Å². The molecule has 0 unspecified atom stereocenters. The van der Waals surface area contributed by atoms with Crippen LogP contribution < -0.4 is 29.6 Å². The summed E-state index contributed by atoms with van der Waals surface area (Å²) in [6.07, 6.45) is 7.39. The van der Waals surface area contributed by atoms with Gasteiger partial charge in [-0.25, -0.2) is 8.42 Å². The third kappa shape index (κ3) is 20.1. The van der Waals surface area contributed by atoms with Gasteiger partial charge in [0.1, 0.15) is 15.9 Å². The maximum Gasteiger partial charge on any atom is 1.00 e. The van der Waals surface area contributed by atoms with Crippen molar-refractivity contribution in [2.45, 2.75) is 64.7 Å². The number of unbranched alkanes of at least 4 members (excludes halogenated alkanes) is 6. The van der Waals surface area contributed by atoms with Crippen molar-refractivity contribution in [3.05, 3.63) is 0 Å². The standard InChI is InChI=1S/C13H24O6S.Na/c1-12(14)9-7-5-3-2-4-6-8-10-13(15)19-11-20(16,17)18;/h2-11H2,1H3,(H,16,17,18);/q;+1/p-1. The second-order valence-corrected chi connectivity index (χ2v) is 6.22. The average Bonchev–Trinajstić information content (AvgIpc) is 2.33. The first-order valence-corrected chi connectivity index (χ1v) is 8.47. The van der Waals surface area contributed by atoms with Gasteiger partial charge in [0.15, 0.2) is 5.94 Å². The Hall–Kier alpha value is 0.0500. The van der Waals surface area contributed by atoms with Gasteiger partial charge in [-0.15, -0.1) is 0 Å². The van der Waals surface area contributed by atoms with Crippen LogP contribution in [0.25, 0.3) is 0 Å². The molecule has 0 amide bonds. The van der Waals surface area contributed by atoms with Gasteiger partial charge in [-0.2, -0.15) is 0 Å². The maximum absolute atomic E-state index is 11.1. The maximum atomic E-state index is 11.1. The number of hydrogen-bond acceptors (Lipinski definition) is 6. The molecule has 0 spiro atoms. The minimum absolute atomic E-state index is 0. The summed E-state index contributed by atoms with van der Waals surface area (Å²) in [6, 6.07) is 0. The van der Waals surface area contributed by atoms with Crippen molar-refractivity contribution in [1.82, 2.24) is 0 Å². The fraction of sp³-hybridized carbons (Fsp3) is 0.846. The van der Waals surface area contributed by atoms with Gasteiger partial charge < -0.3 is 14.1 Å². The summed E-state index contributed by atoms with van der Waals surface area (Å²) >= 11 is 0. The van der Waals surface area contributed by atoms with E-state index in [0.717, 1.165) is 38.5 Å². The number of ketones is 1. The smallest absolute Gasteiger partial charge is 0.745 e. The van der Waals surface area contributed by atoms with E-state index in [0.29, 0.717) is 12.8 Å². The first-order chi connectivity index (χ1) is 9.31. The predicted molar refractivity (Wildman–Crippen MR) is 72.9 cm³/mol. The van der Waals surface area contributed by atoms with Gasteiger partial charge in [0.05, 0.1) is 0 Å². The van der Waals surface area contributed by atoms with Gasteiger partial charge in [-0.3, -0.25) is 4.79 Å². The van der Waals surface area contributed by atoms with Gasteiger partial charge in [0, 0.05) is 12.8 Å². The molecule has 0 atom stereocenters. The zero-order valence-electron chi connectivity index (χ0n) is 12.9. The molecule has 0 saturated carbocycles. The zero-order valence-corrected chi connectivity index (χ0v) is 15.7. The van der Waals surface area contributed by atoms with Crippen LogP contribution in [0, 0.1) is 0 Å². The molecule has 0 aromatic carbocycles. The molecule has 8 heteroatoms. The van der Waals surface area contributed by atoms with Crippen LogP contribution in [0.4, 0.5) is 0 Å². The summed E-state index contributed by atoms with van der Waals surface area (Å²) in [4.78, 5) is 21.8. The molecule has 0 aromatic rings. The molecule has 0 aliphatic heterocycles. The number of carbonyl (C=O) groups excluding carboxylic acids is 2. The number of Topliss-reactive ketones (excluding diaryl/α,β-unsaturated/α-hetero) is 1. The largest absolute Gasteiger partial charge is 1.00 e. The Morgan fingerprint density at radius 1 is 0.905 bits per heavy atom. The van der Waals surface area contributed by atoms with Crippen molar-refractivity contribution >= 4 is 21.9 Å². The van der Waals surface area contributed by atoms with Gasteiger partial charge in [-0.1, -0.05) is 32.1 Å². The first kappa shape index (κ1) is 23.3. The number of rotatable bonds is 12. The molecule has 0 radical (unpaired) electrons. The Labute approximate surface area is 149 Å². The van der Waals surface area contributed by atoms with Gasteiger partial charge in [0.2, 0.25) is 0 Å². The number of carbonyl (C=O) groups is 2. The van der Waals surface area contributed by atoms with Crippen LogP contribution in [-0.4, -0.2) is 30.7 Å². The van der Waals surface area contributed by atoms with Crippen molar-refractivity contribution in [3.8, 4) is 0 Å². The van der Waals surface area contributed by atoms with Gasteiger partial charge in [0.25, 0.3) is 0 Å². The second kappa shape index (κ2) is 13.7. The quantitative estimate of drug-likeness (QED) is 0.200. The zero-order chi connectivity index (χ0) is 15.4. The molecule has 0 heterocycles. The van der Waals surface area contributed by atoms with Crippen molar-refractivity contribution in [2.75, 3.05) is 5.94 Å². The van der Waals surface area contributed by atoms with E-state index in [1.807, 2.05) is 0 Å². The summed E-state index contributed by atoms with van der Waals surface area (Å²) in [7, 11) is -4.49.